The maximum absolute atomic E-state index is 9.81. The number of hydrogen-bond acceptors (Lipinski definition) is 5. The lowest BCUT2D eigenvalue weighted by Crippen LogP contribution is -2.30. The van der Waals surface area contributed by atoms with E-state index < -0.39 is 13.2 Å². The van der Waals surface area contributed by atoms with Crippen LogP contribution in [0.1, 0.15) is 11.7 Å². The first-order valence-electron chi connectivity index (χ1n) is 5.28. The van der Waals surface area contributed by atoms with Crippen LogP contribution < -0.4 is 15.9 Å². The first-order valence-corrected chi connectivity index (χ1v) is 5.66. The van der Waals surface area contributed by atoms with E-state index in [1.165, 1.54) is 0 Å². The third-order valence-electron chi connectivity index (χ3n) is 2.62. The fraction of sp³-hybridized carbons (Fsp3) is 0.400. The molecule has 1 aliphatic rings. The largest absolute Gasteiger partial charge is 0.495 e. The second-order valence-corrected chi connectivity index (χ2v) is 4.06. The zero-order valence-corrected chi connectivity index (χ0v) is 11.1. The highest BCUT2D eigenvalue weighted by atomic mass is 35.5. The van der Waals surface area contributed by atoms with E-state index in [-0.39, 0.29) is 32.2 Å². The number of aliphatic hydroxyl groups excluding tert-OH is 1. The van der Waals surface area contributed by atoms with Gasteiger partial charge in [0, 0.05) is 22.6 Å². The van der Waals surface area contributed by atoms with Gasteiger partial charge in [-0.05, 0) is 12.1 Å². The van der Waals surface area contributed by atoms with Crippen LogP contribution in [-0.4, -0.2) is 37.0 Å². The molecule has 1 aromatic rings. The minimum absolute atomic E-state index is 0. The highest BCUT2D eigenvalue weighted by Crippen LogP contribution is 2.32. The second kappa shape index (κ2) is 6.61. The van der Waals surface area contributed by atoms with Gasteiger partial charge in [-0.25, -0.2) is 0 Å². The molecule has 2 rings (SSSR count). The third-order valence-corrected chi connectivity index (χ3v) is 2.95. The molecule has 1 aromatic carbocycles. The minimum Gasteiger partial charge on any atom is -0.492 e. The average molecular weight is 294 g/mol. The first kappa shape index (κ1) is 15.6. The molecule has 0 spiro atoms. The molecule has 0 fully saturated rings. The summed E-state index contributed by atoms with van der Waals surface area (Å²) >= 11 is 6.06. The molecule has 1 heterocycles. The molecule has 8 heteroatoms. The molecule has 100 valence electrons. The lowest BCUT2D eigenvalue weighted by Gasteiger charge is -2.12. The normalized spacial score (nSPS) is 17.3. The van der Waals surface area contributed by atoms with Crippen molar-refractivity contribution in [2.45, 2.75) is 6.10 Å². The Labute approximate surface area is 116 Å². The summed E-state index contributed by atoms with van der Waals surface area (Å²) in [6.07, 6.45) is -0.426. The van der Waals surface area contributed by atoms with Crippen LogP contribution in [0.25, 0.3) is 0 Å². The van der Waals surface area contributed by atoms with Crippen LogP contribution in [0.3, 0.4) is 0 Å². The summed E-state index contributed by atoms with van der Waals surface area (Å²) in [7, 11) is -1.09. The van der Waals surface area contributed by atoms with Crippen molar-refractivity contribution in [1.82, 2.24) is 0 Å². The molecule has 0 saturated heterocycles. The van der Waals surface area contributed by atoms with Gasteiger partial charge >= 0.3 is 7.12 Å². The van der Waals surface area contributed by atoms with Crippen molar-refractivity contribution < 1.29 is 19.5 Å². The molecule has 1 atom stereocenters. The molecule has 0 radical (unpaired) electrons. The smallest absolute Gasteiger partial charge is 0.492 e. The highest BCUT2D eigenvalue weighted by Gasteiger charge is 2.39. The Morgan fingerprint density at radius 1 is 1.50 bits per heavy atom. The lowest BCUT2D eigenvalue weighted by molar-refractivity contribution is 0.197. The molecule has 0 aliphatic carbocycles. The summed E-state index contributed by atoms with van der Waals surface area (Å²) in [5.41, 5.74) is 6.72. The van der Waals surface area contributed by atoms with Crippen LogP contribution in [-0.2, 0) is 4.65 Å². The van der Waals surface area contributed by atoms with Gasteiger partial charge in [-0.15, -0.1) is 12.4 Å². The van der Waals surface area contributed by atoms with E-state index in [1.54, 1.807) is 12.1 Å². The van der Waals surface area contributed by atoms with Gasteiger partial charge in [0.2, 0.25) is 0 Å². The van der Waals surface area contributed by atoms with Gasteiger partial charge in [-0.1, -0.05) is 11.6 Å². The Morgan fingerprint density at radius 3 is 2.83 bits per heavy atom. The van der Waals surface area contributed by atoms with Crippen molar-refractivity contribution in [2.24, 2.45) is 5.73 Å². The van der Waals surface area contributed by atoms with E-state index in [2.05, 4.69) is 0 Å². The molecule has 4 N–H and O–H groups in total. The van der Waals surface area contributed by atoms with Gasteiger partial charge in [0.1, 0.15) is 12.4 Å². The van der Waals surface area contributed by atoms with E-state index in [0.717, 1.165) is 0 Å². The molecule has 0 amide bonds. The average Bonchev–Trinajstić information content (AvgIpc) is 2.67. The predicted octanol–water partition coefficient (Wildman–Crippen LogP) is -0.150. The number of ether oxygens (including phenoxy) is 1. The Morgan fingerprint density at radius 2 is 2.22 bits per heavy atom. The zero-order valence-electron chi connectivity index (χ0n) is 9.51. The molecule has 0 unspecified atom stereocenters. The quantitative estimate of drug-likeness (QED) is 0.673. The first-order chi connectivity index (χ1) is 8.19. The Balaban J connectivity index is 0.00000162. The fourth-order valence-electron chi connectivity index (χ4n) is 1.92. The van der Waals surface area contributed by atoms with Crippen LogP contribution >= 0.6 is 24.0 Å². The van der Waals surface area contributed by atoms with Crippen LogP contribution in [0.4, 0.5) is 0 Å². The number of aliphatic hydroxyl groups is 1. The maximum atomic E-state index is 9.81. The molecule has 0 aromatic heterocycles. The minimum atomic E-state index is -1.09. The van der Waals surface area contributed by atoms with Gasteiger partial charge in [-0.2, -0.15) is 0 Å². The summed E-state index contributed by atoms with van der Waals surface area (Å²) in [5.74, 6) is 0.460. The van der Waals surface area contributed by atoms with Gasteiger partial charge < -0.3 is 25.3 Å². The molecule has 0 saturated carbocycles. The number of benzene rings is 1. The highest BCUT2D eigenvalue weighted by molar-refractivity contribution is 6.63. The van der Waals surface area contributed by atoms with Crippen LogP contribution in [0.15, 0.2) is 12.1 Å². The lowest BCUT2D eigenvalue weighted by atomic mass is 9.78. The van der Waals surface area contributed by atoms with Gasteiger partial charge in [0.25, 0.3) is 0 Å². The monoisotopic (exact) mass is 293 g/mol. The van der Waals surface area contributed by atoms with Crippen LogP contribution in [0, 0.1) is 0 Å². The van der Waals surface area contributed by atoms with Crippen molar-refractivity contribution in [3.05, 3.63) is 22.7 Å². The SMILES string of the molecule is Cl.NC[C@@H]1OB(O)c2c(OCCO)ccc(Cl)c21. The number of fused-ring (bicyclic) bond motifs is 1. The van der Waals surface area contributed by atoms with Crippen molar-refractivity contribution in [3.8, 4) is 5.75 Å². The summed E-state index contributed by atoms with van der Waals surface area (Å²) in [5, 5.41) is 19.0. The second-order valence-electron chi connectivity index (χ2n) is 3.66. The van der Waals surface area contributed by atoms with Crippen molar-refractivity contribution in [2.75, 3.05) is 19.8 Å². The van der Waals surface area contributed by atoms with E-state index in [1.807, 2.05) is 0 Å². The van der Waals surface area contributed by atoms with Crippen molar-refractivity contribution in [1.29, 1.82) is 0 Å². The van der Waals surface area contributed by atoms with E-state index in [9.17, 15) is 5.02 Å². The van der Waals surface area contributed by atoms with E-state index in [4.69, 9.17) is 31.8 Å². The summed E-state index contributed by atoms with van der Waals surface area (Å²) in [6, 6.07) is 3.31. The van der Waals surface area contributed by atoms with E-state index >= 15 is 0 Å². The number of hydrogen-bond donors (Lipinski definition) is 3. The van der Waals surface area contributed by atoms with E-state index in [0.29, 0.717) is 21.8 Å². The Hall–Kier alpha value is -0.495. The molecule has 18 heavy (non-hydrogen) atoms. The number of halogens is 2. The molecular formula is C10H14BCl2NO4. The number of nitrogens with two attached hydrogens (primary N) is 1. The molecule has 5 nitrogen and oxygen atoms in total. The van der Waals surface area contributed by atoms with Gasteiger partial charge in [-0.3, -0.25) is 0 Å². The zero-order chi connectivity index (χ0) is 12.4. The summed E-state index contributed by atoms with van der Waals surface area (Å²) in [6.45, 7) is 0.274. The number of rotatable bonds is 4. The van der Waals surface area contributed by atoms with Crippen LogP contribution in [0.5, 0.6) is 5.75 Å². The Kier molecular flexibility index (Phi) is 5.71. The third kappa shape index (κ3) is 2.74. The topological polar surface area (TPSA) is 84.9 Å². The predicted molar refractivity (Wildman–Crippen MR) is 71.8 cm³/mol. The molecule has 0 bridgehead atoms. The van der Waals surface area contributed by atoms with Crippen LogP contribution in [0.2, 0.25) is 5.02 Å². The Bertz CT molecular complexity index is 421. The summed E-state index contributed by atoms with van der Waals surface area (Å²) < 4.78 is 10.6. The molecule has 1 aliphatic heterocycles. The fourth-order valence-corrected chi connectivity index (χ4v) is 2.20. The summed E-state index contributed by atoms with van der Waals surface area (Å²) in [4.78, 5) is 0. The van der Waals surface area contributed by atoms with Gasteiger partial charge in [0.15, 0.2) is 0 Å². The standard InChI is InChI=1S/C10H13BClNO4.ClH/c12-6-1-2-7(16-4-3-14)10-9(6)8(5-13)17-11(10)15;/h1-2,8,14-15H,3-5,13H2;1H/t8-;/m0./s1. The van der Waals surface area contributed by atoms with Gasteiger partial charge in [0.05, 0.1) is 12.7 Å². The van der Waals surface area contributed by atoms with Crippen molar-refractivity contribution >= 4 is 36.6 Å². The van der Waals surface area contributed by atoms with Crippen molar-refractivity contribution in [3.63, 3.8) is 0 Å². The maximum Gasteiger partial charge on any atom is 0.495 e. The molecular weight excluding hydrogens is 280 g/mol.